The first-order valence-corrected chi connectivity index (χ1v) is 7.18. The molecule has 0 aliphatic heterocycles. The van der Waals surface area contributed by atoms with E-state index in [1.807, 2.05) is 31.1 Å². The third-order valence-electron chi connectivity index (χ3n) is 3.82. The monoisotopic (exact) mass is 277 g/mol. The molecule has 0 radical (unpaired) electrons. The molecule has 5 nitrogen and oxygen atoms in total. The Morgan fingerprint density at radius 1 is 1.35 bits per heavy atom. The van der Waals surface area contributed by atoms with E-state index >= 15 is 0 Å². The maximum absolute atomic E-state index is 12.6. The Balaban J connectivity index is 2.13. The maximum Gasteiger partial charge on any atom is 0.255 e. The van der Waals surface area contributed by atoms with Crippen molar-refractivity contribution in [2.75, 3.05) is 32.1 Å². The van der Waals surface area contributed by atoms with Gasteiger partial charge in [-0.25, -0.2) is 4.98 Å². The third-order valence-corrected chi connectivity index (χ3v) is 3.82. The summed E-state index contributed by atoms with van der Waals surface area (Å²) in [5, 5.41) is 9.19. The number of anilines is 1. The van der Waals surface area contributed by atoms with Gasteiger partial charge in [0, 0.05) is 32.9 Å². The molecule has 1 aromatic heterocycles. The van der Waals surface area contributed by atoms with Crippen molar-refractivity contribution in [1.29, 1.82) is 0 Å². The van der Waals surface area contributed by atoms with Gasteiger partial charge < -0.3 is 14.9 Å². The summed E-state index contributed by atoms with van der Waals surface area (Å²) in [5.41, 5.74) is 0.593. The summed E-state index contributed by atoms with van der Waals surface area (Å²) in [6, 6.07) is 3.92. The first-order chi connectivity index (χ1) is 9.63. The van der Waals surface area contributed by atoms with Crippen LogP contribution in [0.25, 0.3) is 0 Å². The first kappa shape index (κ1) is 14.8. The highest BCUT2D eigenvalue weighted by atomic mass is 16.3. The number of nitrogens with zero attached hydrogens (tertiary/aromatic N) is 3. The second kappa shape index (κ2) is 6.70. The smallest absolute Gasteiger partial charge is 0.255 e. The van der Waals surface area contributed by atoms with Crippen LogP contribution in [0.3, 0.4) is 0 Å². The number of aromatic nitrogens is 1. The second-order valence-electron chi connectivity index (χ2n) is 5.46. The van der Waals surface area contributed by atoms with Crippen molar-refractivity contribution in [2.45, 2.75) is 31.7 Å². The van der Waals surface area contributed by atoms with E-state index in [-0.39, 0.29) is 18.6 Å². The van der Waals surface area contributed by atoms with E-state index in [4.69, 9.17) is 0 Å². The van der Waals surface area contributed by atoms with Gasteiger partial charge in [0.1, 0.15) is 5.82 Å². The summed E-state index contributed by atoms with van der Waals surface area (Å²) >= 11 is 0. The highest BCUT2D eigenvalue weighted by Gasteiger charge is 2.27. The van der Waals surface area contributed by atoms with Gasteiger partial charge in [0.2, 0.25) is 0 Å². The predicted molar refractivity (Wildman–Crippen MR) is 78.9 cm³/mol. The molecule has 110 valence electrons. The molecular formula is C15H23N3O2. The van der Waals surface area contributed by atoms with Gasteiger partial charge in [-0.1, -0.05) is 12.8 Å². The van der Waals surface area contributed by atoms with Gasteiger partial charge in [0.25, 0.3) is 5.91 Å². The normalized spacial score (nSPS) is 15.3. The largest absolute Gasteiger partial charge is 0.395 e. The van der Waals surface area contributed by atoms with Crippen LogP contribution in [0.15, 0.2) is 18.3 Å². The number of pyridine rings is 1. The topological polar surface area (TPSA) is 56.7 Å². The van der Waals surface area contributed by atoms with E-state index in [0.29, 0.717) is 12.1 Å². The minimum Gasteiger partial charge on any atom is -0.395 e. The Hall–Kier alpha value is -1.62. The zero-order valence-corrected chi connectivity index (χ0v) is 12.2. The molecule has 1 aromatic rings. The molecular weight excluding hydrogens is 254 g/mol. The molecule has 0 unspecified atom stereocenters. The molecule has 0 bridgehead atoms. The van der Waals surface area contributed by atoms with E-state index < -0.39 is 0 Å². The summed E-state index contributed by atoms with van der Waals surface area (Å²) in [6.45, 7) is 0.407. The number of carbonyl (C=O) groups excluding carboxylic acids is 1. The summed E-state index contributed by atoms with van der Waals surface area (Å²) in [4.78, 5) is 20.6. The molecule has 1 N–H and O–H groups in total. The first-order valence-electron chi connectivity index (χ1n) is 7.18. The quantitative estimate of drug-likeness (QED) is 0.886. The van der Waals surface area contributed by atoms with Crippen molar-refractivity contribution in [1.82, 2.24) is 9.88 Å². The van der Waals surface area contributed by atoms with E-state index in [9.17, 15) is 9.90 Å². The molecule has 0 saturated heterocycles. The fraction of sp³-hybridized carbons (Fsp3) is 0.600. The van der Waals surface area contributed by atoms with Gasteiger partial charge >= 0.3 is 0 Å². The number of hydrogen-bond acceptors (Lipinski definition) is 4. The number of aliphatic hydroxyl groups is 1. The molecule has 1 fully saturated rings. The van der Waals surface area contributed by atoms with E-state index in [1.165, 1.54) is 0 Å². The number of aliphatic hydroxyl groups excluding tert-OH is 1. The van der Waals surface area contributed by atoms with Gasteiger partial charge in [0.05, 0.1) is 12.2 Å². The highest BCUT2D eigenvalue weighted by molar-refractivity contribution is 5.94. The molecule has 5 heteroatoms. The van der Waals surface area contributed by atoms with Gasteiger partial charge in [-0.2, -0.15) is 0 Å². The predicted octanol–water partition coefficient (Wildman–Crippen LogP) is 1.52. The summed E-state index contributed by atoms with van der Waals surface area (Å²) in [6.07, 6.45) is 6.02. The lowest BCUT2D eigenvalue weighted by Crippen LogP contribution is -2.40. The average Bonchev–Trinajstić information content (AvgIpc) is 2.98. The van der Waals surface area contributed by atoms with Crippen molar-refractivity contribution in [2.24, 2.45) is 0 Å². The Kier molecular flexibility index (Phi) is 4.95. The molecule has 20 heavy (non-hydrogen) atoms. The Bertz CT molecular complexity index is 439. The SMILES string of the molecule is CN(C)c1ccc(C(=O)N(CCO)C2CCCC2)cn1. The Morgan fingerprint density at radius 2 is 2.05 bits per heavy atom. The second-order valence-corrected chi connectivity index (χ2v) is 5.46. The summed E-state index contributed by atoms with van der Waals surface area (Å²) < 4.78 is 0. The van der Waals surface area contributed by atoms with Crippen molar-refractivity contribution in [3.05, 3.63) is 23.9 Å². The van der Waals surface area contributed by atoms with Crippen LogP contribution < -0.4 is 4.90 Å². The highest BCUT2D eigenvalue weighted by Crippen LogP contribution is 2.24. The zero-order valence-electron chi connectivity index (χ0n) is 12.2. The molecule has 1 aliphatic rings. The molecule has 1 amide bonds. The molecule has 0 spiro atoms. The molecule has 2 rings (SSSR count). The van der Waals surface area contributed by atoms with Crippen LogP contribution in [-0.2, 0) is 0 Å². The minimum atomic E-state index is -0.0243. The number of rotatable bonds is 5. The van der Waals surface area contributed by atoms with Crippen molar-refractivity contribution < 1.29 is 9.90 Å². The molecule has 0 atom stereocenters. The zero-order chi connectivity index (χ0) is 14.5. The van der Waals surface area contributed by atoms with E-state index in [1.54, 1.807) is 11.1 Å². The van der Waals surface area contributed by atoms with E-state index in [2.05, 4.69) is 4.98 Å². The molecule has 0 aromatic carbocycles. The van der Waals surface area contributed by atoms with Gasteiger partial charge in [0.15, 0.2) is 0 Å². The third kappa shape index (κ3) is 3.28. The summed E-state index contributed by atoms with van der Waals surface area (Å²) in [7, 11) is 3.83. The lowest BCUT2D eigenvalue weighted by molar-refractivity contribution is 0.0637. The molecule has 1 saturated carbocycles. The number of amides is 1. The van der Waals surface area contributed by atoms with Crippen LogP contribution in [0, 0.1) is 0 Å². The number of hydrogen-bond donors (Lipinski definition) is 1. The lowest BCUT2D eigenvalue weighted by atomic mass is 10.1. The van der Waals surface area contributed by atoms with Crippen LogP contribution in [-0.4, -0.2) is 54.2 Å². The van der Waals surface area contributed by atoms with Crippen LogP contribution >= 0.6 is 0 Å². The Labute approximate surface area is 120 Å². The fourth-order valence-electron chi connectivity index (χ4n) is 2.72. The van der Waals surface area contributed by atoms with Gasteiger partial charge in [-0.15, -0.1) is 0 Å². The number of carbonyl (C=O) groups is 1. The van der Waals surface area contributed by atoms with Crippen LogP contribution in [0.1, 0.15) is 36.0 Å². The van der Waals surface area contributed by atoms with Crippen molar-refractivity contribution >= 4 is 11.7 Å². The van der Waals surface area contributed by atoms with Crippen molar-refractivity contribution in [3.63, 3.8) is 0 Å². The standard InChI is InChI=1S/C15H23N3O2/c1-17(2)14-8-7-12(11-16-14)15(20)18(9-10-19)13-5-3-4-6-13/h7-8,11,13,19H,3-6,9-10H2,1-2H3. The van der Waals surface area contributed by atoms with Gasteiger partial charge in [-0.05, 0) is 25.0 Å². The molecule has 1 aliphatic carbocycles. The van der Waals surface area contributed by atoms with Crippen LogP contribution in [0.4, 0.5) is 5.82 Å². The van der Waals surface area contributed by atoms with Crippen LogP contribution in [0.2, 0.25) is 0 Å². The van der Waals surface area contributed by atoms with Crippen molar-refractivity contribution in [3.8, 4) is 0 Å². The fourth-order valence-corrected chi connectivity index (χ4v) is 2.72. The minimum absolute atomic E-state index is 0.00541. The lowest BCUT2D eigenvalue weighted by Gasteiger charge is -2.28. The Morgan fingerprint density at radius 3 is 2.55 bits per heavy atom. The van der Waals surface area contributed by atoms with E-state index in [0.717, 1.165) is 31.5 Å². The van der Waals surface area contributed by atoms with Gasteiger partial charge in [-0.3, -0.25) is 4.79 Å². The average molecular weight is 277 g/mol. The summed E-state index contributed by atoms with van der Waals surface area (Å²) in [5.74, 6) is 0.805. The maximum atomic E-state index is 12.6. The molecule has 1 heterocycles. The van der Waals surface area contributed by atoms with Crippen LogP contribution in [0.5, 0.6) is 0 Å².